The van der Waals surface area contributed by atoms with E-state index in [0.717, 1.165) is 19.2 Å². The lowest BCUT2D eigenvalue weighted by Crippen LogP contribution is -2.28. The number of ether oxygens (including phenoxy) is 2. The van der Waals surface area contributed by atoms with Crippen molar-refractivity contribution in [3.05, 3.63) is 58.7 Å². The molecule has 0 aromatic heterocycles. The fourth-order valence-corrected chi connectivity index (χ4v) is 2.43. The number of nitrogens with zero attached hydrogens (tertiary/aromatic N) is 2. The minimum atomic E-state index is -5.94. The Morgan fingerprint density at radius 2 is 1.36 bits per heavy atom. The number of phenols is 1. The van der Waals surface area contributed by atoms with Crippen LogP contribution in [-0.4, -0.2) is 45.2 Å². The number of benzene rings is 2. The minimum Gasteiger partial charge on any atom is -0.507 e. The number of hydrogen-bond donors (Lipinski definition) is 1. The molecule has 0 aliphatic rings. The van der Waals surface area contributed by atoms with E-state index in [0.29, 0.717) is 6.07 Å². The zero-order valence-corrected chi connectivity index (χ0v) is 17.5. The quantitative estimate of drug-likeness (QED) is 0.386. The first kappa shape index (κ1) is 26.7. The molecule has 2 aromatic rings. The SMILES string of the molecule is COC(=O)c1ccc(C#N)c(O)c1.COC(=O)c1ccc(C#N)c(OS(=O)(=O)C(F)(F)F)c1. The molecule has 2 rings (SSSR count). The van der Waals surface area contributed by atoms with E-state index in [4.69, 9.17) is 10.5 Å². The molecular weight excluding hydrogens is 473 g/mol. The van der Waals surface area contributed by atoms with Gasteiger partial charge in [0.25, 0.3) is 0 Å². The number of alkyl halides is 3. The van der Waals surface area contributed by atoms with E-state index in [1.54, 1.807) is 6.07 Å². The zero-order valence-electron chi connectivity index (χ0n) is 16.7. The lowest BCUT2D eigenvalue weighted by Gasteiger charge is -2.11. The van der Waals surface area contributed by atoms with E-state index in [1.807, 2.05) is 0 Å². The number of halogens is 3. The van der Waals surface area contributed by atoms with E-state index in [1.165, 1.54) is 31.4 Å². The third kappa shape index (κ3) is 6.84. The molecule has 0 bridgehead atoms. The highest BCUT2D eigenvalue weighted by Gasteiger charge is 2.48. The minimum absolute atomic E-state index is 0.132. The summed E-state index contributed by atoms with van der Waals surface area (Å²) < 4.78 is 70.9. The molecular formula is C19H13F3N2O8S. The Kier molecular flexibility index (Phi) is 8.77. The number of aromatic hydroxyl groups is 1. The molecule has 0 unspecified atom stereocenters. The summed E-state index contributed by atoms with van der Waals surface area (Å²) >= 11 is 0. The van der Waals surface area contributed by atoms with E-state index in [2.05, 4.69) is 13.7 Å². The normalized spacial score (nSPS) is 10.5. The molecule has 0 heterocycles. The molecule has 0 fully saturated rings. The summed E-state index contributed by atoms with van der Waals surface area (Å²) in [5.41, 5.74) is -6.04. The molecule has 174 valence electrons. The molecule has 0 saturated heterocycles. The van der Waals surface area contributed by atoms with Crippen molar-refractivity contribution in [3.63, 3.8) is 0 Å². The van der Waals surface area contributed by atoms with Gasteiger partial charge in [-0.2, -0.15) is 32.1 Å². The summed E-state index contributed by atoms with van der Waals surface area (Å²) in [6, 6.07) is 9.90. The van der Waals surface area contributed by atoms with Crippen molar-refractivity contribution in [1.29, 1.82) is 10.5 Å². The molecule has 0 saturated carbocycles. The van der Waals surface area contributed by atoms with Gasteiger partial charge in [0.2, 0.25) is 0 Å². The van der Waals surface area contributed by atoms with Crippen LogP contribution in [0, 0.1) is 22.7 Å². The van der Waals surface area contributed by atoms with Crippen molar-refractivity contribution in [2.75, 3.05) is 14.2 Å². The van der Waals surface area contributed by atoms with Gasteiger partial charge in [-0.15, -0.1) is 0 Å². The zero-order chi connectivity index (χ0) is 25.4. The van der Waals surface area contributed by atoms with Crippen molar-refractivity contribution in [1.82, 2.24) is 0 Å². The van der Waals surface area contributed by atoms with Crippen LogP contribution in [-0.2, 0) is 19.6 Å². The van der Waals surface area contributed by atoms with Crippen LogP contribution in [0.3, 0.4) is 0 Å². The van der Waals surface area contributed by atoms with Gasteiger partial charge >= 0.3 is 27.6 Å². The Hall–Kier alpha value is -4.30. The first-order valence-corrected chi connectivity index (χ1v) is 9.66. The van der Waals surface area contributed by atoms with Gasteiger partial charge in [-0.05, 0) is 36.4 Å². The van der Waals surface area contributed by atoms with Crippen molar-refractivity contribution < 1.29 is 49.9 Å². The molecule has 14 heteroatoms. The molecule has 0 aliphatic carbocycles. The van der Waals surface area contributed by atoms with Crippen LogP contribution in [0.15, 0.2) is 36.4 Å². The summed E-state index contributed by atoms with van der Waals surface area (Å²) in [7, 11) is -3.67. The second kappa shape index (κ2) is 10.8. The van der Waals surface area contributed by atoms with E-state index >= 15 is 0 Å². The molecule has 0 aliphatic heterocycles. The molecule has 10 nitrogen and oxygen atoms in total. The van der Waals surface area contributed by atoms with Crippen molar-refractivity contribution >= 4 is 22.1 Å². The Morgan fingerprint density at radius 1 is 0.909 bits per heavy atom. The summed E-state index contributed by atoms with van der Waals surface area (Å²) in [6.45, 7) is 0. The average Bonchev–Trinajstić information content (AvgIpc) is 2.77. The largest absolute Gasteiger partial charge is 0.534 e. The lowest BCUT2D eigenvalue weighted by atomic mass is 10.1. The third-order valence-electron chi connectivity index (χ3n) is 3.55. The number of rotatable bonds is 4. The predicted molar refractivity (Wildman–Crippen MR) is 102 cm³/mol. The molecule has 0 spiro atoms. The van der Waals surface area contributed by atoms with Crippen LogP contribution in [0.4, 0.5) is 13.2 Å². The standard InChI is InChI=1S/C10H6F3NO5S.C9H7NO3/c1-18-9(15)6-2-3-7(5-14)8(4-6)19-20(16,17)10(11,12)13;1-13-9(12)6-2-3-7(5-10)8(11)4-6/h2-4H,1H3;2-4,11H,1H3. The van der Waals surface area contributed by atoms with Gasteiger partial charge in [0.1, 0.15) is 17.9 Å². The van der Waals surface area contributed by atoms with Crippen molar-refractivity contribution in [2.24, 2.45) is 0 Å². The topological polar surface area (TPSA) is 164 Å². The van der Waals surface area contributed by atoms with Crippen LogP contribution >= 0.6 is 0 Å². The van der Waals surface area contributed by atoms with Gasteiger partial charge in [-0.1, -0.05) is 0 Å². The highest BCUT2D eigenvalue weighted by molar-refractivity contribution is 7.88. The maximum Gasteiger partial charge on any atom is 0.534 e. The molecule has 0 amide bonds. The maximum atomic E-state index is 12.2. The number of phenolic OH excluding ortho intramolecular Hbond substituents is 1. The summed E-state index contributed by atoms with van der Waals surface area (Å²) in [6.07, 6.45) is 0. The fraction of sp³-hybridized carbons (Fsp3) is 0.158. The number of methoxy groups -OCH3 is 2. The van der Waals surface area contributed by atoms with Gasteiger partial charge in [0.05, 0.1) is 36.5 Å². The van der Waals surface area contributed by atoms with E-state index < -0.39 is 38.9 Å². The Bertz CT molecular complexity index is 1250. The van der Waals surface area contributed by atoms with Crippen LogP contribution in [0.2, 0.25) is 0 Å². The molecule has 0 atom stereocenters. The smallest absolute Gasteiger partial charge is 0.507 e. The summed E-state index contributed by atoms with van der Waals surface area (Å²) in [5.74, 6) is -2.60. The highest BCUT2D eigenvalue weighted by atomic mass is 32.2. The Balaban J connectivity index is 0.000000361. The lowest BCUT2D eigenvalue weighted by molar-refractivity contribution is -0.0500. The fourth-order valence-electron chi connectivity index (χ4n) is 1.96. The maximum absolute atomic E-state index is 12.2. The molecule has 0 radical (unpaired) electrons. The summed E-state index contributed by atoms with van der Waals surface area (Å²) in [4.78, 5) is 22.1. The number of esters is 2. The van der Waals surface area contributed by atoms with Gasteiger partial charge in [-0.25, -0.2) is 9.59 Å². The van der Waals surface area contributed by atoms with E-state index in [9.17, 15) is 36.3 Å². The first-order chi connectivity index (χ1) is 15.3. The average molecular weight is 486 g/mol. The number of nitriles is 2. The van der Waals surface area contributed by atoms with Gasteiger partial charge in [0, 0.05) is 0 Å². The molecule has 33 heavy (non-hydrogen) atoms. The van der Waals surface area contributed by atoms with Gasteiger partial charge < -0.3 is 18.8 Å². The second-order valence-corrected chi connectivity index (χ2v) is 7.17. The predicted octanol–water partition coefficient (Wildman–Crippen LogP) is 2.62. The van der Waals surface area contributed by atoms with Crippen LogP contribution in [0.1, 0.15) is 31.8 Å². The summed E-state index contributed by atoms with van der Waals surface area (Å²) in [5, 5.41) is 26.4. The first-order valence-electron chi connectivity index (χ1n) is 8.26. The monoisotopic (exact) mass is 486 g/mol. The van der Waals surface area contributed by atoms with E-state index in [-0.39, 0.29) is 22.4 Å². The third-order valence-corrected chi connectivity index (χ3v) is 4.51. The highest BCUT2D eigenvalue weighted by Crippen LogP contribution is 2.29. The van der Waals surface area contributed by atoms with Crippen molar-refractivity contribution in [2.45, 2.75) is 5.51 Å². The Labute approximate surface area is 185 Å². The number of hydrogen-bond acceptors (Lipinski definition) is 10. The Morgan fingerprint density at radius 3 is 1.76 bits per heavy atom. The van der Waals surface area contributed by atoms with Crippen LogP contribution in [0.5, 0.6) is 11.5 Å². The van der Waals surface area contributed by atoms with Crippen LogP contribution < -0.4 is 4.18 Å². The van der Waals surface area contributed by atoms with Crippen molar-refractivity contribution in [3.8, 4) is 23.6 Å². The molecule has 1 N–H and O–H groups in total. The van der Waals surface area contributed by atoms with Gasteiger partial charge in [-0.3, -0.25) is 0 Å². The number of carbonyl (C=O) groups excluding carboxylic acids is 2. The van der Waals surface area contributed by atoms with Crippen LogP contribution in [0.25, 0.3) is 0 Å². The second-order valence-electron chi connectivity index (χ2n) is 5.63. The number of carbonyl (C=O) groups is 2. The van der Waals surface area contributed by atoms with Gasteiger partial charge in [0.15, 0.2) is 5.75 Å². The molecule has 2 aromatic carbocycles.